The Hall–Kier alpha value is -1.00. The fourth-order valence-corrected chi connectivity index (χ4v) is 3.60. The topological polar surface area (TPSA) is 41.1 Å². The van der Waals surface area contributed by atoms with Crippen molar-refractivity contribution in [2.75, 3.05) is 24.2 Å². The average molecular weight is 262 g/mol. The zero-order valence-electron chi connectivity index (χ0n) is 10.3. The van der Waals surface area contributed by atoms with Crippen molar-refractivity contribution in [2.24, 2.45) is 5.92 Å². The van der Waals surface area contributed by atoms with Crippen LogP contribution in [0.4, 0.5) is 5.69 Å². The molecule has 0 spiro atoms. The lowest BCUT2D eigenvalue weighted by Crippen LogP contribution is -2.43. The van der Waals surface area contributed by atoms with Crippen LogP contribution in [-0.2, 0) is 11.2 Å². The van der Waals surface area contributed by atoms with Crippen LogP contribution in [0.1, 0.15) is 12.0 Å². The Morgan fingerprint density at radius 3 is 2.89 bits per heavy atom. The lowest BCUT2D eigenvalue weighted by atomic mass is 10.1. The van der Waals surface area contributed by atoms with Gasteiger partial charge in [0.05, 0.1) is 5.25 Å². The second-order valence-electron chi connectivity index (χ2n) is 5.03. The largest absolute Gasteiger partial charge is 0.325 e. The molecule has 0 aliphatic carbocycles. The fraction of sp³-hybridized carbons (Fsp3) is 0.500. The van der Waals surface area contributed by atoms with Gasteiger partial charge in [-0.2, -0.15) is 0 Å². The second-order valence-corrected chi connectivity index (χ2v) is 6.27. The van der Waals surface area contributed by atoms with Crippen LogP contribution in [0, 0.1) is 5.92 Å². The van der Waals surface area contributed by atoms with E-state index in [1.165, 1.54) is 5.56 Å². The molecule has 0 aromatic heterocycles. The van der Waals surface area contributed by atoms with E-state index in [0.29, 0.717) is 0 Å². The minimum atomic E-state index is 0.109. The van der Waals surface area contributed by atoms with Crippen LogP contribution >= 0.6 is 11.8 Å². The quantitative estimate of drug-likeness (QED) is 0.874. The second kappa shape index (κ2) is 5.33. The number of rotatable bonds is 3. The first-order chi connectivity index (χ1) is 8.83. The molecule has 1 amide bonds. The molecule has 1 aromatic carbocycles. The minimum Gasteiger partial charge on any atom is -0.325 e. The van der Waals surface area contributed by atoms with E-state index in [1.54, 1.807) is 0 Å². The van der Waals surface area contributed by atoms with Crippen molar-refractivity contribution in [3.8, 4) is 0 Å². The number of hydrogen-bond donors (Lipinski definition) is 2. The standard InChI is InChI=1S/C14H18N2OS/c17-14-13(18-9-10-7-15-8-10)6-5-11-3-1-2-4-12(11)16-14/h1-4,10,13,15H,5-9H2,(H,16,17). The molecule has 3 nitrogen and oxygen atoms in total. The van der Waals surface area contributed by atoms with Crippen LogP contribution in [0.5, 0.6) is 0 Å². The summed E-state index contributed by atoms with van der Waals surface area (Å²) in [5.41, 5.74) is 2.26. The molecule has 0 bridgehead atoms. The number of carbonyl (C=O) groups excluding carboxylic acids is 1. The number of anilines is 1. The van der Waals surface area contributed by atoms with Gasteiger partial charge in [-0.05, 0) is 49.2 Å². The normalized spacial score (nSPS) is 23.8. The Balaban J connectivity index is 1.63. The molecule has 1 unspecified atom stereocenters. The molecule has 1 atom stereocenters. The number of carbonyl (C=O) groups is 1. The smallest absolute Gasteiger partial charge is 0.237 e. The first-order valence-electron chi connectivity index (χ1n) is 6.54. The van der Waals surface area contributed by atoms with Crippen molar-refractivity contribution < 1.29 is 4.79 Å². The summed E-state index contributed by atoms with van der Waals surface area (Å²) in [5.74, 6) is 2.03. The molecule has 4 heteroatoms. The van der Waals surface area contributed by atoms with Gasteiger partial charge >= 0.3 is 0 Å². The van der Waals surface area contributed by atoms with Crippen LogP contribution in [-0.4, -0.2) is 30.0 Å². The number of fused-ring (bicyclic) bond motifs is 1. The van der Waals surface area contributed by atoms with Crippen molar-refractivity contribution in [3.05, 3.63) is 29.8 Å². The van der Waals surface area contributed by atoms with E-state index in [-0.39, 0.29) is 11.2 Å². The van der Waals surface area contributed by atoms with E-state index in [0.717, 1.165) is 43.3 Å². The zero-order chi connectivity index (χ0) is 12.4. The predicted molar refractivity (Wildman–Crippen MR) is 76.0 cm³/mol. The molecule has 1 saturated heterocycles. The van der Waals surface area contributed by atoms with E-state index in [9.17, 15) is 4.79 Å². The summed E-state index contributed by atoms with van der Waals surface area (Å²) in [7, 11) is 0. The third kappa shape index (κ3) is 2.54. The summed E-state index contributed by atoms with van der Waals surface area (Å²) < 4.78 is 0. The van der Waals surface area contributed by atoms with Gasteiger partial charge in [0.15, 0.2) is 0 Å². The molecule has 18 heavy (non-hydrogen) atoms. The van der Waals surface area contributed by atoms with Crippen molar-refractivity contribution in [1.29, 1.82) is 0 Å². The fourth-order valence-electron chi connectivity index (χ4n) is 2.37. The number of aryl methyl sites for hydroxylation is 1. The lowest BCUT2D eigenvalue weighted by molar-refractivity contribution is -0.115. The highest BCUT2D eigenvalue weighted by molar-refractivity contribution is 8.00. The van der Waals surface area contributed by atoms with Gasteiger partial charge < -0.3 is 10.6 Å². The summed E-state index contributed by atoms with van der Waals surface area (Å²) in [6.45, 7) is 2.23. The molecule has 2 aliphatic heterocycles. The van der Waals surface area contributed by atoms with Crippen LogP contribution in [0.25, 0.3) is 0 Å². The van der Waals surface area contributed by atoms with E-state index < -0.39 is 0 Å². The zero-order valence-corrected chi connectivity index (χ0v) is 11.1. The van der Waals surface area contributed by atoms with Crippen molar-refractivity contribution in [2.45, 2.75) is 18.1 Å². The maximum Gasteiger partial charge on any atom is 0.237 e. The third-order valence-electron chi connectivity index (χ3n) is 3.64. The summed E-state index contributed by atoms with van der Waals surface area (Å²) in [5, 5.41) is 6.44. The summed E-state index contributed by atoms with van der Waals surface area (Å²) in [6.07, 6.45) is 1.95. The molecule has 3 rings (SSSR count). The first-order valence-corrected chi connectivity index (χ1v) is 7.59. The van der Waals surface area contributed by atoms with E-state index in [2.05, 4.69) is 16.7 Å². The van der Waals surface area contributed by atoms with Crippen molar-refractivity contribution >= 4 is 23.4 Å². The molecule has 2 aliphatic rings. The number of amides is 1. The van der Waals surface area contributed by atoms with Gasteiger partial charge in [-0.15, -0.1) is 11.8 Å². The number of benzene rings is 1. The van der Waals surface area contributed by atoms with Crippen LogP contribution < -0.4 is 10.6 Å². The minimum absolute atomic E-state index is 0.109. The predicted octanol–water partition coefficient (Wildman–Crippen LogP) is 1.89. The van der Waals surface area contributed by atoms with E-state index in [1.807, 2.05) is 30.0 Å². The molecule has 96 valence electrons. The molecular formula is C14H18N2OS. The molecular weight excluding hydrogens is 244 g/mol. The van der Waals surface area contributed by atoms with Crippen LogP contribution in [0.3, 0.4) is 0 Å². The van der Waals surface area contributed by atoms with E-state index >= 15 is 0 Å². The molecule has 0 saturated carbocycles. The molecule has 1 fully saturated rings. The number of nitrogens with one attached hydrogen (secondary N) is 2. The number of para-hydroxylation sites is 1. The Kier molecular flexibility index (Phi) is 3.57. The van der Waals surface area contributed by atoms with Gasteiger partial charge in [0.2, 0.25) is 5.91 Å². The van der Waals surface area contributed by atoms with Crippen LogP contribution in [0.2, 0.25) is 0 Å². The molecule has 1 aromatic rings. The van der Waals surface area contributed by atoms with Gasteiger partial charge in [-0.1, -0.05) is 18.2 Å². The number of hydrogen-bond acceptors (Lipinski definition) is 3. The summed E-state index contributed by atoms with van der Waals surface area (Å²) in [4.78, 5) is 12.1. The average Bonchev–Trinajstić information content (AvgIpc) is 2.47. The summed E-state index contributed by atoms with van der Waals surface area (Å²) >= 11 is 1.82. The molecule has 2 heterocycles. The Bertz CT molecular complexity index is 445. The highest BCUT2D eigenvalue weighted by atomic mass is 32.2. The van der Waals surface area contributed by atoms with Crippen molar-refractivity contribution in [1.82, 2.24) is 5.32 Å². The Morgan fingerprint density at radius 2 is 2.11 bits per heavy atom. The van der Waals surface area contributed by atoms with Gasteiger partial charge in [0.25, 0.3) is 0 Å². The van der Waals surface area contributed by atoms with Gasteiger partial charge in [-0.25, -0.2) is 0 Å². The Labute approximate surface area is 112 Å². The third-order valence-corrected chi connectivity index (χ3v) is 5.16. The first kappa shape index (κ1) is 12.1. The molecule has 0 radical (unpaired) electrons. The Morgan fingerprint density at radius 1 is 1.28 bits per heavy atom. The SMILES string of the molecule is O=C1Nc2ccccc2CCC1SCC1CNC1. The highest BCUT2D eigenvalue weighted by Crippen LogP contribution is 2.28. The molecule has 2 N–H and O–H groups in total. The maximum absolute atomic E-state index is 12.1. The number of thioether (sulfide) groups is 1. The highest BCUT2D eigenvalue weighted by Gasteiger charge is 2.26. The van der Waals surface area contributed by atoms with Gasteiger partial charge in [0.1, 0.15) is 0 Å². The van der Waals surface area contributed by atoms with E-state index in [4.69, 9.17) is 0 Å². The van der Waals surface area contributed by atoms with Crippen LogP contribution in [0.15, 0.2) is 24.3 Å². The monoisotopic (exact) mass is 262 g/mol. The van der Waals surface area contributed by atoms with Crippen molar-refractivity contribution in [3.63, 3.8) is 0 Å². The lowest BCUT2D eigenvalue weighted by Gasteiger charge is -2.27. The van der Waals surface area contributed by atoms with Gasteiger partial charge in [-0.3, -0.25) is 4.79 Å². The summed E-state index contributed by atoms with van der Waals surface area (Å²) in [6, 6.07) is 8.12. The van der Waals surface area contributed by atoms with Gasteiger partial charge in [0, 0.05) is 5.69 Å². The maximum atomic E-state index is 12.1.